The number of nitro groups is 1. The predicted octanol–water partition coefficient (Wildman–Crippen LogP) is 2.53. The monoisotopic (exact) mass is 309 g/mol. The second-order valence-corrected chi connectivity index (χ2v) is 4.93. The lowest BCUT2D eigenvalue weighted by Crippen LogP contribution is -2.06. The number of hydrogen-bond donors (Lipinski definition) is 0. The van der Waals surface area contributed by atoms with Crippen LogP contribution in [0.2, 0.25) is 0 Å². The van der Waals surface area contributed by atoms with E-state index in [2.05, 4.69) is 14.7 Å². The molecule has 2 aromatic heterocycles. The number of pyridine rings is 1. The summed E-state index contributed by atoms with van der Waals surface area (Å²) in [5.74, 6) is -0.0595. The molecule has 0 saturated carbocycles. The Kier molecular flexibility index (Phi) is 4.22. The minimum Gasteiger partial charge on any atom is -0.464 e. The Balaban J connectivity index is 2.43. The van der Waals surface area contributed by atoms with Crippen LogP contribution in [0.25, 0.3) is 0 Å². The molecular weight excluding hydrogens is 298 g/mol. The van der Waals surface area contributed by atoms with Crippen molar-refractivity contribution in [2.24, 2.45) is 0 Å². The van der Waals surface area contributed by atoms with Gasteiger partial charge in [-0.05, 0) is 31.7 Å². The van der Waals surface area contributed by atoms with Gasteiger partial charge in [0.1, 0.15) is 11.5 Å². The number of oxazole rings is 1. The van der Waals surface area contributed by atoms with Crippen molar-refractivity contribution in [1.82, 2.24) is 9.97 Å². The van der Waals surface area contributed by atoms with Gasteiger partial charge in [-0.15, -0.1) is 0 Å². The Morgan fingerprint density at radius 3 is 2.62 bits per heavy atom. The molecule has 0 N–H and O–H groups in total. The number of hydrogen-bond acceptors (Lipinski definition) is 8. The van der Waals surface area contributed by atoms with Crippen LogP contribution in [-0.2, 0) is 4.74 Å². The van der Waals surface area contributed by atoms with E-state index in [1.54, 1.807) is 13.8 Å². The first-order valence-corrected chi connectivity index (χ1v) is 6.59. The van der Waals surface area contributed by atoms with E-state index >= 15 is 0 Å². The van der Waals surface area contributed by atoms with Gasteiger partial charge in [0.05, 0.1) is 17.7 Å². The SMILES string of the molecule is COC(=O)c1ccc([N+](=O)[O-])c(Sc2nc(C)c(C)o2)n1. The van der Waals surface area contributed by atoms with Crippen molar-refractivity contribution in [1.29, 1.82) is 0 Å². The normalized spacial score (nSPS) is 10.4. The number of ether oxygens (including phenoxy) is 1. The van der Waals surface area contributed by atoms with Gasteiger partial charge >= 0.3 is 11.7 Å². The van der Waals surface area contributed by atoms with E-state index in [9.17, 15) is 14.9 Å². The molecule has 0 unspecified atom stereocenters. The molecule has 2 aromatic rings. The van der Waals surface area contributed by atoms with Crippen LogP contribution in [0.5, 0.6) is 0 Å². The topological polar surface area (TPSA) is 108 Å². The van der Waals surface area contributed by atoms with E-state index in [1.165, 1.54) is 19.2 Å². The number of carbonyl (C=O) groups is 1. The van der Waals surface area contributed by atoms with Gasteiger partial charge in [-0.25, -0.2) is 14.8 Å². The number of methoxy groups -OCH3 is 1. The van der Waals surface area contributed by atoms with Gasteiger partial charge in [0, 0.05) is 6.07 Å². The summed E-state index contributed by atoms with van der Waals surface area (Å²) < 4.78 is 9.90. The van der Waals surface area contributed by atoms with E-state index in [1.807, 2.05) is 0 Å². The molecule has 0 aromatic carbocycles. The summed E-state index contributed by atoms with van der Waals surface area (Å²) in [6, 6.07) is 2.43. The lowest BCUT2D eigenvalue weighted by Gasteiger charge is -2.02. The van der Waals surface area contributed by atoms with E-state index in [-0.39, 0.29) is 21.6 Å². The summed E-state index contributed by atoms with van der Waals surface area (Å²) >= 11 is 0.881. The van der Waals surface area contributed by atoms with E-state index in [0.29, 0.717) is 11.5 Å². The molecule has 8 nitrogen and oxygen atoms in total. The summed E-state index contributed by atoms with van der Waals surface area (Å²) in [5.41, 5.74) is 0.427. The molecule has 0 aliphatic rings. The minimum absolute atomic E-state index is 0.0177. The highest BCUT2D eigenvalue weighted by Gasteiger charge is 2.22. The summed E-state index contributed by atoms with van der Waals surface area (Å²) in [6.07, 6.45) is 0. The Hall–Kier alpha value is -2.42. The molecule has 0 aliphatic carbocycles. The molecule has 0 spiro atoms. The predicted molar refractivity (Wildman–Crippen MR) is 72.3 cm³/mol. The zero-order valence-corrected chi connectivity index (χ0v) is 12.3. The number of carbonyl (C=O) groups excluding carboxylic acids is 1. The zero-order valence-electron chi connectivity index (χ0n) is 11.4. The third kappa shape index (κ3) is 3.19. The zero-order chi connectivity index (χ0) is 15.6. The van der Waals surface area contributed by atoms with Gasteiger partial charge in [-0.3, -0.25) is 10.1 Å². The smallest absolute Gasteiger partial charge is 0.356 e. The fraction of sp³-hybridized carbons (Fsp3) is 0.250. The molecule has 9 heteroatoms. The maximum absolute atomic E-state index is 11.5. The molecule has 0 radical (unpaired) electrons. The third-order valence-corrected chi connectivity index (χ3v) is 3.47. The second kappa shape index (κ2) is 5.92. The van der Waals surface area contributed by atoms with Crippen LogP contribution in [0.1, 0.15) is 21.9 Å². The Labute approximate surface area is 123 Å². The number of aryl methyl sites for hydroxylation is 2. The average molecular weight is 309 g/mol. The molecule has 0 amide bonds. The highest BCUT2D eigenvalue weighted by atomic mass is 32.2. The Morgan fingerprint density at radius 2 is 2.10 bits per heavy atom. The minimum atomic E-state index is -0.675. The van der Waals surface area contributed by atoms with Crippen LogP contribution in [-0.4, -0.2) is 28.0 Å². The number of rotatable bonds is 4. The van der Waals surface area contributed by atoms with Gasteiger partial charge in [-0.2, -0.15) is 0 Å². The Morgan fingerprint density at radius 1 is 1.38 bits per heavy atom. The first kappa shape index (κ1) is 15.0. The summed E-state index contributed by atoms with van der Waals surface area (Å²) in [5, 5.41) is 11.3. The fourth-order valence-electron chi connectivity index (χ4n) is 1.44. The lowest BCUT2D eigenvalue weighted by atomic mass is 10.3. The van der Waals surface area contributed by atoms with Crippen LogP contribution in [0.3, 0.4) is 0 Å². The maximum atomic E-state index is 11.5. The summed E-state index contributed by atoms with van der Waals surface area (Å²) in [7, 11) is 1.21. The highest BCUT2D eigenvalue weighted by Crippen LogP contribution is 2.33. The molecule has 2 rings (SSSR count). The van der Waals surface area contributed by atoms with E-state index < -0.39 is 10.9 Å². The summed E-state index contributed by atoms with van der Waals surface area (Å²) in [4.78, 5) is 30.0. The van der Waals surface area contributed by atoms with E-state index in [0.717, 1.165) is 11.8 Å². The first-order valence-electron chi connectivity index (χ1n) is 5.78. The third-order valence-electron chi connectivity index (χ3n) is 2.62. The van der Waals surface area contributed by atoms with Crippen LogP contribution >= 0.6 is 11.8 Å². The molecular formula is C12H11N3O5S. The van der Waals surface area contributed by atoms with Crippen LogP contribution in [0, 0.1) is 24.0 Å². The Bertz CT molecular complexity index is 693. The molecule has 2 heterocycles. The van der Waals surface area contributed by atoms with Crippen molar-refractivity contribution in [3.8, 4) is 0 Å². The van der Waals surface area contributed by atoms with Crippen molar-refractivity contribution < 1.29 is 18.9 Å². The molecule has 110 valence electrons. The van der Waals surface area contributed by atoms with Gasteiger partial charge < -0.3 is 9.15 Å². The highest BCUT2D eigenvalue weighted by molar-refractivity contribution is 7.99. The molecule has 0 saturated heterocycles. The fourth-order valence-corrected chi connectivity index (χ4v) is 2.34. The molecule has 0 bridgehead atoms. The summed E-state index contributed by atoms with van der Waals surface area (Å²) in [6.45, 7) is 3.49. The van der Waals surface area contributed by atoms with Crippen molar-refractivity contribution in [3.05, 3.63) is 39.4 Å². The maximum Gasteiger partial charge on any atom is 0.356 e. The molecule has 0 aliphatic heterocycles. The van der Waals surface area contributed by atoms with E-state index in [4.69, 9.17) is 4.42 Å². The molecule has 0 fully saturated rings. The molecule has 21 heavy (non-hydrogen) atoms. The van der Waals surface area contributed by atoms with Crippen molar-refractivity contribution in [3.63, 3.8) is 0 Å². The quantitative estimate of drug-likeness (QED) is 0.481. The van der Waals surface area contributed by atoms with Crippen molar-refractivity contribution >= 4 is 23.4 Å². The number of aromatic nitrogens is 2. The lowest BCUT2D eigenvalue weighted by molar-refractivity contribution is -0.388. The standard InChI is InChI=1S/C12H11N3O5S/c1-6-7(2)20-12(13-6)21-10-9(15(17)18)5-4-8(14-10)11(16)19-3/h4-5H,1-3H3. The number of esters is 1. The number of nitrogens with zero attached hydrogens (tertiary/aromatic N) is 3. The van der Waals surface area contributed by atoms with Gasteiger partial charge in [0.2, 0.25) is 0 Å². The van der Waals surface area contributed by atoms with Gasteiger partial charge in [0.15, 0.2) is 5.03 Å². The van der Waals surface area contributed by atoms with Crippen LogP contribution in [0.15, 0.2) is 26.8 Å². The van der Waals surface area contributed by atoms with Gasteiger partial charge in [-0.1, -0.05) is 0 Å². The van der Waals surface area contributed by atoms with Crippen molar-refractivity contribution in [2.45, 2.75) is 24.1 Å². The second-order valence-electron chi connectivity index (χ2n) is 3.99. The first-order chi connectivity index (χ1) is 9.92. The molecule has 0 atom stereocenters. The van der Waals surface area contributed by atoms with Gasteiger partial charge in [0.25, 0.3) is 5.22 Å². The average Bonchev–Trinajstić information content (AvgIpc) is 2.76. The van der Waals surface area contributed by atoms with Crippen LogP contribution < -0.4 is 0 Å². The largest absolute Gasteiger partial charge is 0.464 e. The van der Waals surface area contributed by atoms with Crippen LogP contribution in [0.4, 0.5) is 5.69 Å². The van der Waals surface area contributed by atoms with Crippen molar-refractivity contribution in [2.75, 3.05) is 7.11 Å².